The highest BCUT2D eigenvalue weighted by Crippen LogP contribution is 2.23. The predicted octanol–water partition coefficient (Wildman–Crippen LogP) is 7.70. The number of fused-ring (bicyclic) bond motifs is 1. The number of nitrogens with zero attached hydrogens (tertiary/aromatic N) is 1. The fourth-order valence-corrected chi connectivity index (χ4v) is 3.90. The molecule has 2 N–H and O–H groups in total. The molecule has 2 aromatic rings. The van der Waals surface area contributed by atoms with Gasteiger partial charge < -0.3 is 10.3 Å². The number of aromatic nitrogens is 1. The summed E-state index contributed by atoms with van der Waals surface area (Å²) in [6.07, 6.45) is 21.9. The minimum Gasteiger partial charge on any atom is -0.385 e. The Morgan fingerprint density at radius 1 is 0.692 bits per heavy atom. The number of hydrogen-bond donors (Lipinski definition) is 1. The van der Waals surface area contributed by atoms with Gasteiger partial charge in [0.15, 0.2) is 0 Å². The van der Waals surface area contributed by atoms with E-state index in [1.807, 2.05) is 0 Å². The Hall–Kier alpha value is -1.44. The highest BCUT2D eigenvalue weighted by molar-refractivity contribution is 5.92. The zero-order valence-corrected chi connectivity index (χ0v) is 17.0. The number of rotatable bonds is 15. The molecular weight excluding hydrogens is 316 g/mol. The van der Waals surface area contributed by atoms with E-state index in [0.717, 1.165) is 12.4 Å². The molecule has 0 unspecified atom stereocenters. The van der Waals surface area contributed by atoms with Gasteiger partial charge in [0.05, 0.1) is 0 Å². The number of hydrogen-bond acceptors (Lipinski definition) is 1. The fraction of sp³-hybridized carbons (Fsp3) is 0.667. The normalized spacial score (nSPS) is 11.4. The molecule has 2 nitrogen and oxygen atoms in total. The summed E-state index contributed by atoms with van der Waals surface area (Å²) in [6.45, 7) is 3.34. The molecule has 0 radical (unpaired) electrons. The first-order chi connectivity index (χ1) is 12.8. The van der Waals surface area contributed by atoms with Crippen molar-refractivity contribution in [3.8, 4) is 0 Å². The summed E-state index contributed by atoms with van der Waals surface area (Å²) >= 11 is 0. The third-order valence-corrected chi connectivity index (χ3v) is 5.59. The van der Waals surface area contributed by atoms with Crippen molar-refractivity contribution in [2.45, 2.75) is 103 Å². The van der Waals surface area contributed by atoms with E-state index < -0.39 is 0 Å². The second-order valence-corrected chi connectivity index (χ2v) is 7.89. The van der Waals surface area contributed by atoms with E-state index >= 15 is 0 Å². The van der Waals surface area contributed by atoms with Gasteiger partial charge in [-0.3, -0.25) is 0 Å². The summed E-state index contributed by atoms with van der Waals surface area (Å²) in [7, 11) is 0. The lowest BCUT2D eigenvalue weighted by Crippen LogP contribution is -2.01. The highest BCUT2D eigenvalue weighted by atomic mass is 15.0. The molecule has 0 aliphatic rings. The van der Waals surface area contributed by atoms with Crippen LogP contribution in [0.15, 0.2) is 30.5 Å². The maximum Gasteiger partial charge on any atom is 0.111 e. The van der Waals surface area contributed by atoms with Crippen LogP contribution in [0.3, 0.4) is 0 Å². The zero-order chi connectivity index (χ0) is 18.5. The van der Waals surface area contributed by atoms with Gasteiger partial charge in [-0.25, -0.2) is 0 Å². The van der Waals surface area contributed by atoms with Crippen molar-refractivity contribution in [1.82, 2.24) is 4.57 Å². The van der Waals surface area contributed by atoms with E-state index in [1.54, 1.807) is 0 Å². The van der Waals surface area contributed by atoms with Gasteiger partial charge >= 0.3 is 0 Å². The molecule has 0 aliphatic carbocycles. The summed E-state index contributed by atoms with van der Waals surface area (Å²) in [5.74, 6) is 0.926. The van der Waals surface area contributed by atoms with Crippen LogP contribution in [0.5, 0.6) is 0 Å². The monoisotopic (exact) mass is 356 g/mol. The second kappa shape index (κ2) is 12.8. The molecule has 0 atom stereocenters. The first-order valence-electron chi connectivity index (χ1n) is 11.2. The molecule has 146 valence electrons. The minimum atomic E-state index is 0.926. The summed E-state index contributed by atoms with van der Waals surface area (Å²) in [5, 5.41) is 2.45. The van der Waals surface area contributed by atoms with Gasteiger partial charge in [-0.2, -0.15) is 0 Å². The van der Waals surface area contributed by atoms with Crippen LogP contribution in [0, 0.1) is 0 Å². The van der Waals surface area contributed by atoms with E-state index in [0.29, 0.717) is 0 Å². The number of nitrogens with two attached hydrogens (primary N) is 1. The van der Waals surface area contributed by atoms with Crippen molar-refractivity contribution in [2.24, 2.45) is 0 Å². The van der Waals surface area contributed by atoms with Gasteiger partial charge in [-0.1, -0.05) is 115 Å². The van der Waals surface area contributed by atoms with Gasteiger partial charge in [0.2, 0.25) is 0 Å². The maximum absolute atomic E-state index is 6.26. The molecule has 0 saturated carbocycles. The number of benzene rings is 1. The Balaban J connectivity index is 1.42. The third-order valence-electron chi connectivity index (χ3n) is 5.59. The quantitative estimate of drug-likeness (QED) is 0.325. The third kappa shape index (κ3) is 7.43. The Kier molecular flexibility index (Phi) is 10.3. The van der Waals surface area contributed by atoms with Crippen LogP contribution in [0.2, 0.25) is 0 Å². The van der Waals surface area contributed by atoms with E-state index in [1.165, 1.54) is 101 Å². The molecule has 0 bridgehead atoms. The molecule has 0 saturated heterocycles. The molecule has 1 heterocycles. The van der Waals surface area contributed by atoms with E-state index in [9.17, 15) is 0 Å². The van der Waals surface area contributed by atoms with Crippen LogP contribution >= 0.6 is 0 Å². The largest absolute Gasteiger partial charge is 0.385 e. The molecule has 2 rings (SSSR count). The molecule has 1 aromatic carbocycles. The fourth-order valence-electron chi connectivity index (χ4n) is 3.90. The maximum atomic E-state index is 6.26. The zero-order valence-electron chi connectivity index (χ0n) is 17.0. The van der Waals surface area contributed by atoms with Gasteiger partial charge in [0.25, 0.3) is 0 Å². The number of aryl methyl sites for hydroxylation is 1. The van der Waals surface area contributed by atoms with Crippen LogP contribution in [0.25, 0.3) is 10.8 Å². The van der Waals surface area contributed by atoms with Crippen LogP contribution in [0.4, 0.5) is 5.82 Å². The number of unbranched alkanes of at least 4 members (excludes halogenated alkanes) is 13. The Morgan fingerprint density at radius 2 is 1.19 bits per heavy atom. The van der Waals surface area contributed by atoms with Crippen molar-refractivity contribution >= 4 is 16.6 Å². The summed E-state index contributed by atoms with van der Waals surface area (Å²) < 4.78 is 2.23. The average Bonchev–Trinajstić information content (AvgIpc) is 2.98. The lowest BCUT2D eigenvalue weighted by atomic mass is 10.0. The molecule has 0 spiro atoms. The smallest absolute Gasteiger partial charge is 0.111 e. The first kappa shape index (κ1) is 20.9. The molecule has 0 amide bonds. The van der Waals surface area contributed by atoms with Gasteiger partial charge in [-0.05, 0) is 6.42 Å². The van der Waals surface area contributed by atoms with Gasteiger partial charge in [0, 0.05) is 23.5 Å². The summed E-state index contributed by atoms with van der Waals surface area (Å²) in [4.78, 5) is 0. The standard InChI is InChI=1S/C24H40N2/c1-2-3-4-5-6-7-8-9-10-11-12-13-14-17-20-26-21-22-18-15-16-19-23(22)24(26)25/h15-16,18-19,21H,2-14,17,20,25H2,1H3. The van der Waals surface area contributed by atoms with Crippen molar-refractivity contribution in [3.63, 3.8) is 0 Å². The van der Waals surface area contributed by atoms with Crippen molar-refractivity contribution in [1.29, 1.82) is 0 Å². The molecular formula is C24H40N2. The molecule has 26 heavy (non-hydrogen) atoms. The van der Waals surface area contributed by atoms with E-state index in [-0.39, 0.29) is 0 Å². The Morgan fingerprint density at radius 3 is 1.73 bits per heavy atom. The van der Waals surface area contributed by atoms with E-state index in [2.05, 4.69) is 42.0 Å². The second-order valence-electron chi connectivity index (χ2n) is 7.89. The van der Waals surface area contributed by atoms with Crippen molar-refractivity contribution in [2.75, 3.05) is 5.73 Å². The number of nitrogen functional groups attached to an aromatic ring is 1. The van der Waals surface area contributed by atoms with Crippen molar-refractivity contribution in [3.05, 3.63) is 30.5 Å². The predicted molar refractivity (Wildman–Crippen MR) is 117 cm³/mol. The molecule has 0 aliphatic heterocycles. The topological polar surface area (TPSA) is 30.9 Å². The van der Waals surface area contributed by atoms with Gasteiger partial charge in [-0.15, -0.1) is 0 Å². The number of anilines is 1. The van der Waals surface area contributed by atoms with Crippen LogP contribution in [-0.4, -0.2) is 4.57 Å². The van der Waals surface area contributed by atoms with E-state index in [4.69, 9.17) is 5.73 Å². The SMILES string of the molecule is CCCCCCCCCCCCCCCCn1cc2ccccc2c1N. The highest BCUT2D eigenvalue weighted by Gasteiger charge is 2.04. The summed E-state index contributed by atoms with van der Waals surface area (Å²) in [5.41, 5.74) is 6.26. The lowest BCUT2D eigenvalue weighted by Gasteiger charge is -2.06. The summed E-state index contributed by atoms with van der Waals surface area (Å²) in [6, 6.07) is 8.41. The van der Waals surface area contributed by atoms with Crippen molar-refractivity contribution < 1.29 is 0 Å². The first-order valence-corrected chi connectivity index (χ1v) is 11.2. The molecule has 2 heteroatoms. The molecule has 1 aromatic heterocycles. The Bertz CT molecular complexity index is 599. The van der Waals surface area contributed by atoms with Crippen LogP contribution < -0.4 is 5.73 Å². The van der Waals surface area contributed by atoms with Crippen LogP contribution in [0.1, 0.15) is 96.8 Å². The van der Waals surface area contributed by atoms with Crippen LogP contribution in [-0.2, 0) is 6.54 Å². The Labute approximate surface area is 161 Å². The van der Waals surface area contributed by atoms with Gasteiger partial charge in [0.1, 0.15) is 5.82 Å². The lowest BCUT2D eigenvalue weighted by molar-refractivity contribution is 0.525. The molecule has 0 fully saturated rings. The minimum absolute atomic E-state index is 0.926. The average molecular weight is 357 g/mol.